The zero-order valence-corrected chi connectivity index (χ0v) is 16.8. The summed E-state index contributed by atoms with van der Waals surface area (Å²) in [6.07, 6.45) is 3.03. The van der Waals surface area contributed by atoms with Gasteiger partial charge >= 0.3 is 0 Å². The maximum Gasteiger partial charge on any atom is 0.154 e. The number of likely N-dealkylation sites (tertiary alicyclic amines) is 1. The molecule has 2 atom stereocenters. The van der Waals surface area contributed by atoms with Crippen molar-refractivity contribution in [3.8, 4) is 17.1 Å². The van der Waals surface area contributed by atoms with Gasteiger partial charge in [-0.3, -0.25) is 4.90 Å². The number of aliphatic hydroxyl groups excluding tert-OH is 1. The van der Waals surface area contributed by atoms with Crippen LogP contribution in [0.3, 0.4) is 0 Å². The molecule has 2 fully saturated rings. The topological polar surface area (TPSA) is 63.7 Å². The van der Waals surface area contributed by atoms with E-state index in [1.165, 1.54) is 0 Å². The van der Waals surface area contributed by atoms with E-state index in [9.17, 15) is 5.11 Å². The molecule has 3 aromatic rings. The highest BCUT2D eigenvalue weighted by Gasteiger charge is 2.47. The van der Waals surface area contributed by atoms with Gasteiger partial charge in [-0.15, -0.1) is 0 Å². The molecule has 0 unspecified atom stereocenters. The summed E-state index contributed by atoms with van der Waals surface area (Å²) in [6, 6.07) is 14.1. The summed E-state index contributed by atoms with van der Waals surface area (Å²) in [6.45, 7) is 6.27. The van der Waals surface area contributed by atoms with Crippen molar-refractivity contribution in [1.29, 1.82) is 0 Å². The second-order valence-corrected chi connectivity index (χ2v) is 8.41. The number of fused-ring (bicyclic) bond motifs is 1. The van der Waals surface area contributed by atoms with Crippen LogP contribution in [0.4, 0.5) is 0 Å². The minimum absolute atomic E-state index is 0.0326. The minimum atomic E-state index is -0.0326. The molecule has 6 heteroatoms. The van der Waals surface area contributed by atoms with Gasteiger partial charge in [0.2, 0.25) is 0 Å². The summed E-state index contributed by atoms with van der Waals surface area (Å²) in [7, 11) is 0. The van der Waals surface area contributed by atoms with E-state index in [2.05, 4.69) is 23.2 Å². The van der Waals surface area contributed by atoms with Gasteiger partial charge in [-0.1, -0.05) is 18.2 Å². The molecule has 152 valence electrons. The van der Waals surface area contributed by atoms with Crippen molar-refractivity contribution in [2.24, 2.45) is 11.3 Å². The fourth-order valence-electron chi connectivity index (χ4n) is 4.79. The predicted molar refractivity (Wildman–Crippen MR) is 110 cm³/mol. The number of nitrogens with zero attached hydrogens (tertiary/aromatic N) is 3. The van der Waals surface area contributed by atoms with Gasteiger partial charge in [0, 0.05) is 49.3 Å². The van der Waals surface area contributed by atoms with Crippen molar-refractivity contribution >= 4 is 0 Å². The lowest BCUT2D eigenvalue weighted by molar-refractivity contribution is -0.0417. The van der Waals surface area contributed by atoms with Crippen molar-refractivity contribution in [2.45, 2.75) is 19.9 Å². The molecule has 0 spiro atoms. The number of hydrogen-bond acceptors (Lipinski definition) is 5. The van der Waals surface area contributed by atoms with E-state index < -0.39 is 0 Å². The Morgan fingerprint density at radius 3 is 2.79 bits per heavy atom. The monoisotopic (exact) mass is 393 g/mol. The van der Waals surface area contributed by atoms with Gasteiger partial charge in [0.1, 0.15) is 11.5 Å². The first kappa shape index (κ1) is 18.6. The van der Waals surface area contributed by atoms with Crippen LogP contribution >= 0.6 is 0 Å². The van der Waals surface area contributed by atoms with Crippen LogP contribution in [-0.2, 0) is 11.3 Å². The summed E-state index contributed by atoms with van der Waals surface area (Å²) in [4.78, 5) is 2.43. The van der Waals surface area contributed by atoms with Crippen LogP contribution in [0.2, 0.25) is 0 Å². The van der Waals surface area contributed by atoms with Gasteiger partial charge in [0.25, 0.3) is 0 Å². The highest BCUT2D eigenvalue weighted by Crippen LogP contribution is 2.42. The fraction of sp³-hybridized carbons (Fsp3) is 0.435. The van der Waals surface area contributed by atoms with E-state index >= 15 is 0 Å². The molecule has 29 heavy (non-hydrogen) atoms. The number of aliphatic hydroxyl groups is 1. The third-order valence-electron chi connectivity index (χ3n) is 6.44. The van der Waals surface area contributed by atoms with Crippen LogP contribution in [0.25, 0.3) is 17.1 Å². The van der Waals surface area contributed by atoms with E-state index in [1.54, 1.807) is 0 Å². The average Bonchev–Trinajstić information content (AvgIpc) is 3.45. The molecule has 2 aromatic heterocycles. The first-order chi connectivity index (χ1) is 14.2. The SMILES string of the molecule is Cc1ccc(-c2nn(-c3ccccc3)cc2CN2C[C@@H]3COCC[C@]3(CO)C2)o1. The van der Waals surface area contributed by atoms with E-state index in [0.717, 1.165) is 67.7 Å². The Bertz CT molecular complexity index is 980. The molecule has 1 N–H and O–H groups in total. The standard InChI is InChI=1S/C23H27N3O3/c1-17-7-8-21(29-17)22-18(12-26(24-22)20-5-3-2-4-6-20)11-25-13-19-14-28-10-9-23(19,15-25)16-27/h2-8,12,19,27H,9-11,13-16H2,1H3/t19-,23-/m1/s1. The molecule has 4 heterocycles. The minimum Gasteiger partial charge on any atom is -0.460 e. The molecule has 0 aliphatic carbocycles. The second-order valence-electron chi connectivity index (χ2n) is 8.41. The number of aromatic nitrogens is 2. The molecule has 2 saturated heterocycles. The van der Waals surface area contributed by atoms with Gasteiger partial charge in [0.15, 0.2) is 5.76 Å². The zero-order valence-electron chi connectivity index (χ0n) is 16.8. The summed E-state index contributed by atoms with van der Waals surface area (Å²) in [5.74, 6) is 2.06. The van der Waals surface area contributed by atoms with E-state index in [-0.39, 0.29) is 12.0 Å². The zero-order chi connectivity index (χ0) is 19.8. The van der Waals surface area contributed by atoms with Gasteiger partial charge in [0.05, 0.1) is 18.9 Å². The molecule has 5 rings (SSSR count). The quantitative estimate of drug-likeness (QED) is 0.721. The third-order valence-corrected chi connectivity index (χ3v) is 6.44. The van der Waals surface area contributed by atoms with Gasteiger partial charge in [-0.05, 0) is 37.6 Å². The molecule has 0 bridgehead atoms. The number of para-hydroxylation sites is 1. The van der Waals surface area contributed by atoms with Crippen LogP contribution in [-0.4, -0.2) is 52.7 Å². The van der Waals surface area contributed by atoms with Crippen molar-refractivity contribution < 1.29 is 14.3 Å². The molecule has 0 radical (unpaired) electrons. The first-order valence-corrected chi connectivity index (χ1v) is 10.3. The smallest absolute Gasteiger partial charge is 0.154 e. The summed E-state index contributed by atoms with van der Waals surface area (Å²) < 4.78 is 13.5. The molecular formula is C23H27N3O3. The van der Waals surface area contributed by atoms with Gasteiger partial charge in [-0.2, -0.15) is 5.10 Å². The molecule has 2 aliphatic heterocycles. The van der Waals surface area contributed by atoms with Crippen LogP contribution in [0, 0.1) is 18.3 Å². The first-order valence-electron chi connectivity index (χ1n) is 10.3. The Kier molecular flexibility index (Phi) is 4.78. The highest BCUT2D eigenvalue weighted by molar-refractivity contribution is 5.58. The Morgan fingerprint density at radius 2 is 2.07 bits per heavy atom. The summed E-state index contributed by atoms with van der Waals surface area (Å²) in [5, 5.41) is 15.0. The van der Waals surface area contributed by atoms with Crippen molar-refractivity contribution in [3.05, 3.63) is 60.0 Å². The van der Waals surface area contributed by atoms with E-state index in [4.69, 9.17) is 14.3 Å². The van der Waals surface area contributed by atoms with Crippen molar-refractivity contribution in [3.63, 3.8) is 0 Å². The third kappa shape index (κ3) is 3.41. The number of rotatable bonds is 5. The molecule has 0 saturated carbocycles. The van der Waals surface area contributed by atoms with Crippen molar-refractivity contribution in [2.75, 3.05) is 32.9 Å². The van der Waals surface area contributed by atoms with Gasteiger partial charge in [-0.25, -0.2) is 4.68 Å². The lowest BCUT2D eigenvalue weighted by Gasteiger charge is -2.36. The summed E-state index contributed by atoms with van der Waals surface area (Å²) in [5.41, 5.74) is 3.01. The normalized spacial score (nSPS) is 24.7. The maximum absolute atomic E-state index is 10.1. The van der Waals surface area contributed by atoms with Crippen LogP contribution in [0.15, 0.2) is 53.1 Å². The molecule has 0 amide bonds. The number of aryl methyl sites for hydroxylation is 1. The number of ether oxygens (including phenoxy) is 1. The number of hydrogen-bond donors (Lipinski definition) is 1. The highest BCUT2D eigenvalue weighted by atomic mass is 16.5. The Hall–Kier alpha value is -2.41. The predicted octanol–water partition coefficient (Wildman–Crippen LogP) is 3.27. The van der Waals surface area contributed by atoms with Crippen LogP contribution < -0.4 is 0 Å². The van der Waals surface area contributed by atoms with Crippen molar-refractivity contribution in [1.82, 2.24) is 14.7 Å². The molecule has 6 nitrogen and oxygen atoms in total. The van der Waals surface area contributed by atoms with E-state index in [0.29, 0.717) is 5.92 Å². The Labute approximate surface area is 170 Å². The average molecular weight is 393 g/mol. The maximum atomic E-state index is 10.1. The Morgan fingerprint density at radius 1 is 1.21 bits per heavy atom. The second kappa shape index (κ2) is 7.44. The van der Waals surface area contributed by atoms with Crippen LogP contribution in [0.1, 0.15) is 17.7 Å². The van der Waals surface area contributed by atoms with Gasteiger partial charge < -0.3 is 14.3 Å². The largest absolute Gasteiger partial charge is 0.460 e. The lowest BCUT2D eigenvalue weighted by Crippen LogP contribution is -2.41. The molecular weight excluding hydrogens is 366 g/mol. The fourth-order valence-corrected chi connectivity index (χ4v) is 4.79. The summed E-state index contributed by atoms with van der Waals surface area (Å²) >= 11 is 0. The molecule has 1 aromatic carbocycles. The van der Waals surface area contributed by atoms with Crippen LogP contribution in [0.5, 0.6) is 0 Å². The number of benzene rings is 1. The van der Waals surface area contributed by atoms with E-state index in [1.807, 2.05) is 41.9 Å². The molecule has 2 aliphatic rings. The lowest BCUT2D eigenvalue weighted by atomic mass is 9.75. The number of furan rings is 1. The Balaban J connectivity index is 1.47.